The first kappa shape index (κ1) is 29.5. The molecule has 240 valence electrons. The highest BCUT2D eigenvalue weighted by molar-refractivity contribution is 6.20. The van der Waals surface area contributed by atoms with Crippen LogP contribution in [0.5, 0.6) is 0 Å². The molecule has 0 saturated heterocycles. The van der Waals surface area contributed by atoms with Gasteiger partial charge in [-0.2, -0.15) is 0 Å². The van der Waals surface area contributed by atoms with Gasteiger partial charge in [0.15, 0.2) is 5.82 Å². The maximum absolute atomic E-state index is 5.29. The minimum absolute atomic E-state index is 0.167. The number of rotatable bonds is 4. The van der Waals surface area contributed by atoms with E-state index in [0.717, 1.165) is 33.9 Å². The van der Waals surface area contributed by atoms with Crippen LogP contribution >= 0.6 is 0 Å². The maximum atomic E-state index is 5.29. The first-order chi connectivity index (χ1) is 25.0. The normalized spacial score (nSPS) is 13.1. The molecular weight excluding hydrogens is 617 g/mol. The van der Waals surface area contributed by atoms with Crippen LogP contribution in [0.4, 0.5) is 0 Å². The molecule has 0 saturated carbocycles. The Morgan fingerprint density at radius 3 is 1.92 bits per heavy atom. The van der Waals surface area contributed by atoms with Crippen LogP contribution in [0.2, 0.25) is 0 Å². The zero-order valence-corrected chi connectivity index (χ0v) is 28.6. The molecule has 0 radical (unpaired) electrons. The van der Waals surface area contributed by atoms with E-state index in [-0.39, 0.29) is 5.41 Å². The van der Waals surface area contributed by atoms with Crippen molar-refractivity contribution in [3.8, 4) is 56.2 Å². The highest BCUT2D eigenvalue weighted by Gasteiger charge is 2.37. The van der Waals surface area contributed by atoms with E-state index < -0.39 is 0 Å². The lowest BCUT2D eigenvalue weighted by Gasteiger charge is -2.24. The molecule has 1 aliphatic carbocycles. The molecule has 51 heavy (non-hydrogen) atoms. The number of fused-ring (bicyclic) bond motifs is 7. The summed E-state index contributed by atoms with van der Waals surface area (Å²) in [5.41, 5.74) is 12.6. The molecule has 0 fully saturated rings. The summed E-state index contributed by atoms with van der Waals surface area (Å²) in [7, 11) is 0. The summed E-state index contributed by atoms with van der Waals surface area (Å²) < 4.78 is 0. The third-order valence-corrected chi connectivity index (χ3v) is 10.8. The molecular formula is C49H34N2. The Hall–Kier alpha value is -6.38. The number of hydrogen-bond donors (Lipinski definition) is 0. The predicted octanol–water partition coefficient (Wildman–Crippen LogP) is 12.9. The van der Waals surface area contributed by atoms with E-state index in [9.17, 15) is 0 Å². The van der Waals surface area contributed by atoms with Crippen molar-refractivity contribution in [1.29, 1.82) is 0 Å². The molecule has 1 heterocycles. The van der Waals surface area contributed by atoms with Gasteiger partial charge in [-0.15, -0.1) is 0 Å². The van der Waals surface area contributed by atoms with Crippen molar-refractivity contribution < 1.29 is 0 Å². The van der Waals surface area contributed by atoms with Crippen LogP contribution in [0.25, 0.3) is 88.5 Å². The molecule has 1 aromatic heterocycles. The van der Waals surface area contributed by atoms with Gasteiger partial charge in [-0.3, -0.25) is 0 Å². The van der Waals surface area contributed by atoms with Crippen LogP contribution in [0.15, 0.2) is 170 Å². The topological polar surface area (TPSA) is 25.8 Å². The van der Waals surface area contributed by atoms with Crippen molar-refractivity contribution in [2.24, 2.45) is 0 Å². The van der Waals surface area contributed by atoms with Gasteiger partial charge in [0.1, 0.15) is 0 Å². The summed E-state index contributed by atoms with van der Waals surface area (Å²) in [5, 5.41) is 7.52. The van der Waals surface area contributed by atoms with Gasteiger partial charge in [-0.05, 0) is 83.9 Å². The van der Waals surface area contributed by atoms with Crippen molar-refractivity contribution in [2.45, 2.75) is 19.3 Å². The van der Waals surface area contributed by atoms with Gasteiger partial charge < -0.3 is 0 Å². The standard InChI is InChI=1S/C49H34N2/c1-49(2)43-25-11-10-22-38(43)40-23-13-24-41(47(40)49)45-30-44(50-48(51-45)32-15-4-3-5-16-32)34-18-12-19-35(28-34)46-37-21-9-7-17-33(37)29-42-36-20-8-6-14-31(36)26-27-39(42)46/h3-30H,1-2H3. The largest absolute Gasteiger partial charge is 0.228 e. The molecule has 2 nitrogen and oxygen atoms in total. The molecule has 0 spiro atoms. The average molecular weight is 651 g/mol. The fraction of sp³-hybridized carbons (Fsp3) is 0.0612. The number of aromatic nitrogens is 2. The summed E-state index contributed by atoms with van der Waals surface area (Å²) >= 11 is 0. The molecule has 0 N–H and O–H groups in total. The van der Waals surface area contributed by atoms with Crippen LogP contribution in [-0.4, -0.2) is 9.97 Å². The lowest BCUT2D eigenvalue weighted by atomic mass is 9.79. The lowest BCUT2D eigenvalue weighted by molar-refractivity contribution is 0.662. The average Bonchev–Trinajstić information content (AvgIpc) is 3.43. The first-order valence-electron chi connectivity index (χ1n) is 17.7. The fourth-order valence-electron chi connectivity index (χ4n) is 8.48. The van der Waals surface area contributed by atoms with Crippen LogP contribution in [0.1, 0.15) is 25.0 Å². The highest BCUT2D eigenvalue weighted by atomic mass is 14.9. The number of hydrogen-bond acceptors (Lipinski definition) is 2. The molecule has 0 amide bonds. The SMILES string of the molecule is CC1(C)c2ccccc2-c2cccc(-c3cc(-c4cccc(-c5c6ccccc6cc6c5ccc5ccccc56)c4)nc(-c4ccccc4)n3)c21. The van der Waals surface area contributed by atoms with E-state index in [2.05, 4.69) is 178 Å². The molecule has 10 rings (SSSR count). The molecule has 8 aromatic carbocycles. The molecule has 0 unspecified atom stereocenters. The molecule has 2 heteroatoms. The minimum atomic E-state index is -0.167. The van der Waals surface area contributed by atoms with Crippen LogP contribution in [0.3, 0.4) is 0 Å². The van der Waals surface area contributed by atoms with Crippen LogP contribution in [0, 0.1) is 0 Å². The molecule has 0 atom stereocenters. The number of benzene rings is 8. The van der Waals surface area contributed by atoms with Gasteiger partial charge in [-0.25, -0.2) is 9.97 Å². The van der Waals surface area contributed by atoms with Gasteiger partial charge >= 0.3 is 0 Å². The van der Waals surface area contributed by atoms with E-state index in [1.807, 2.05) is 6.07 Å². The Morgan fingerprint density at radius 2 is 1.04 bits per heavy atom. The quantitative estimate of drug-likeness (QED) is 0.140. The second-order valence-electron chi connectivity index (χ2n) is 14.2. The van der Waals surface area contributed by atoms with Gasteiger partial charge in [0.2, 0.25) is 0 Å². The Kier molecular flexibility index (Phi) is 6.56. The monoisotopic (exact) mass is 650 g/mol. The van der Waals surface area contributed by atoms with Gasteiger partial charge in [0.05, 0.1) is 11.4 Å². The third kappa shape index (κ3) is 4.64. The first-order valence-corrected chi connectivity index (χ1v) is 17.7. The summed E-state index contributed by atoms with van der Waals surface area (Å²) in [5.74, 6) is 0.724. The molecule has 9 aromatic rings. The zero-order chi connectivity index (χ0) is 34.1. The van der Waals surface area contributed by atoms with Crippen molar-refractivity contribution in [1.82, 2.24) is 9.97 Å². The Bertz CT molecular complexity index is 2830. The third-order valence-electron chi connectivity index (χ3n) is 10.8. The lowest BCUT2D eigenvalue weighted by Crippen LogP contribution is -2.16. The Balaban J connectivity index is 1.20. The highest BCUT2D eigenvalue weighted by Crippen LogP contribution is 2.52. The maximum Gasteiger partial charge on any atom is 0.160 e. The van der Waals surface area contributed by atoms with Crippen LogP contribution < -0.4 is 0 Å². The van der Waals surface area contributed by atoms with Crippen LogP contribution in [-0.2, 0) is 5.41 Å². The van der Waals surface area contributed by atoms with Crippen molar-refractivity contribution >= 4 is 32.3 Å². The molecule has 1 aliphatic rings. The Morgan fingerprint density at radius 1 is 0.392 bits per heavy atom. The summed E-state index contributed by atoms with van der Waals surface area (Å²) in [4.78, 5) is 10.5. The molecule has 0 aliphatic heterocycles. The summed E-state index contributed by atoms with van der Waals surface area (Å²) in [6, 6.07) is 61.2. The minimum Gasteiger partial charge on any atom is -0.228 e. The number of nitrogens with zero attached hydrogens (tertiary/aromatic N) is 2. The predicted molar refractivity (Wildman–Crippen MR) is 214 cm³/mol. The zero-order valence-electron chi connectivity index (χ0n) is 28.6. The van der Waals surface area contributed by atoms with E-state index in [1.165, 1.54) is 65.7 Å². The molecule has 0 bridgehead atoms. The van der Waals surface area contributed by atoms with Crippen molar-refractivity contribution in [3.63, 3.8) is 0 Å². The van der Waals surface area contributed by atoms with E-state index in [4.69, 9.17) is 9.97 Å². The second-order valence-corrected chi connectivity index (χ2v) is 14.2. The summed E-state index contributed by atoms with van der Waals surface area (Å²) in [6.07, 6.45) is 0. The van der Waals surface area contributed by atoms with Crippen molar-refractivity contribution in [3.05, 3.63) is 181 Å². The van der Waals surface area contributed by atoms with Gasteiger partial charge in [-0.1, -0.05) is 166 Å². The van der Waals surface area contributed by atoms with Gasteiger partial charge in [0, 0.05) is 22.1 Å². The Labute approximate surface area is 297 Å². The summed E-state index contributed by atoms with van der Waals surface area (Å²) in [6.45, 7) is 4.67. The van der Waals surface area contributed by atoms with Crippen molar-refractivity contribution in [2.75, 3.05) is 0 Å². The smallest absolute Gasteiger partial charge is 0.160 e. The van der Waals surface area contributed by atoms with E-state index in [1.54, 1.807) is 0 Å². The van der Waals surface area contributed by atoms with E-state index in [0.29, 0.717) is 0 Å². The second kappa shape index (κ2) is 11.3. The van der Waals surface area contributed by atoms with E-state index >= 15 is 0 Å². The fourth-order valence-corrected chi connectivity index (χ4v) is 8.48. The van der Waals surface area contributed by atoms with Gasteiger partial charge in [0.25, 0.3) is 0 Å².